The summed E-state index contributed by atoms with van der Waals surface area (Å²) in [6.45, 7) is 2.06. The monoisotopic (exact) mass is 333 g/mol. The summed E-state index contributed by atoms with van der Waals surface area (Å²) in [6.07, 6.45) is 1.15. The first-order chi connectivity index (χ1) is 11.6. The van der Waals surface area contributed by atoms with Crippen molar-refractivity contribution >= 4 is 18.0 Å². The van der Waals surface area contributed by atoms with Gasteiger partial charge in [-0.3, -0.25) is 14.9 Å². The number of nitrogens with zero attached hydrogens (tertiary/aromatic N) is 2. The van der Waals surface area contributed by atoms with E-state index in [4.69, 9.17) is 13.9 Å². The molecule has 0 fully saturated rings. The normalized spacial score (nSPS) is 10.5. The minimum Gasteiger partial charge on any atom is -0.490 e. The smallest absolute Gasteiger partial charge is 0.433 e. The zero-order valence-electron chi connectivity index (χ0n) is 12.8. The molecule has 9 nitrogen and oxygen atoms in total. The van der Waals surface area contributed by atoms with Crippen LogP contribution in [0.15, 0.2) is 45.9 Å². The molecular formula is C15H15N3O6. The van der Waals surface area contributed by atoms with Crippen molar-refractivity contribution in [2.24, 2.45) is 5.10 Å². The summed E-state index contributed by atoms with van der Waals surface area (Å²) in [5.41, 5.74) is 2.23. The lowest BCUT2D eigenvalue weighted by Gasteiger charge is -2.10. The van der Waals surface area contributed by atoms with E-state index in [1.807, 2.05) is 6.92 Å². The van der Waals surface area contributed by atoms with E-state index in [1.54, 1.807) is 24.3 Å². The molecule has 1 heterocycles. The van der Waals surface area contributed by atoms with Crippen molar-refractivity contribution in [1.29, 1.82) is 0 Å². The van der Waals surface area contributed by atoms with E-state index in [1.165, 1.54) is 12.1 Å². The van der Waals surface area contributed by atoms with Crippen molar-refractivity contribution in [2.75, 3.05) is 13.2 Å². The van der Waals surface area contributed by atoms with E-state index in [-0.39, 0.29) is 12.4 Å². The highest BCUT2D eigenvalue weighted by atomic mass is 16.6. The third-order valence-corrected chi connectivity index (χ3v) is 2.68. The molecule has 24 heavy (non-hydrogen) atoms. The van der Waals surface area contributed by atoms with Crippen LogP contribution in [0.1, 0.15) is 12.7 Å². The number of hydrazone groups is 1. The van der Waals surface area contributed by atoms with Gasteiger partial charge in [-0.25, -0.2) is 5.43 Å². The fourth-order valence-corrected chi connectivity index (χ4v) is 1.70. The Morgan fingerprint density at radius 1 is 1.29 bits per heavy atom. The van der Waals surface area contributed by atoms with Gasteiger partial charge >= 0.3 is 5.88 Å². The predicted molar refractivity (Wildman–Crippen MR) is 84.2 cm³/mol. The summed E-state index contributed by atoms with van der Waals surface area (Å²) in [6, 6.07) is 9.53. The Morgan fingerprint density at radius 2 is 2.00 bits per heavy atom. The molecule has 1 amide bonds. The van der Waals surface area contributed by atoms with E-state index in [2.05, 4.69) is 10.5 Å². The molecule has 0 unspecified atom stereocenters. The second kappa shape index (κ2) is 8.32. The highest BCUT2D eigenvalue weighted by molar-refractivity contribution is 5.81. The molecule has 0 aliphatic carbocycles. The Hall–Kier alpha value is -3.36. The highest BCUT2D eigenvalue weighted by Gasteiger charge is 2.10. The number of carbonyl (C=O) groups is 1. The van der Waals surface area contributed by atoms with E-state index < -0.39 is 16.7 Å². The minimum atomic E-state index is -0.667. The van der Waals surface area contributed by atoms with Crippen molar-refractivity contribution in [2.45, 2.75) is 6.92 Å². The molecular weight excluding hydrogens is 318 g/mol. The van der Waals surface area contributed by atoms with Crippen LogP contribution in [0.4, 0.5) is 5.88 Å². The van der Waals surface area contributed by atoms with Crippen molar-refractivity contribution in [1.82, 2.24) is 5.43 Å². The molecule has 0 aliphatic rings. The molecule has 0 aliphatic heterocycles. The first kappa shape index (κ1) is 17.0. The quantitative estimate of drug-likeness (QED) is 0.449. The van der Waals surface area contributed by atoms with Crippen LogP contribution in [0, 0.1) is 10.1 Å². The van der Waals surface area contributed by atoms with Crippen molar-refractivity contribution in [3.63, 3.8) is 0 Å². The van der Waals surface area contributed by atoms with E-state index in [9.17, 15) is 14.9 Å². The second-order valence-electron chi connectivity index (χ2n) is 4.39. The minimum absolute atomic E-state index is 0.143. The molecule has 2 rings (SSSR count). The topological polar surface area (TPSA) is 116 Å². The largest absolute Gasteiger partial charge is 0.490 e. The van der Waals surface area contributed by atoms with Crippen LogP contribution < -0.4 is 14.9 Å². The fraction of sp³-hybridized carbons (Fsp3) is 0.200. The zero-order chi connectivity index (χ0) is 17.4. The summed E-state index contributed by atoms with van der Waals surface area (Å²) in [7, 11) is 0. The maximum absolute atomic E-state index is 11.7. The molecule has 1 aromatic carbocycles. The number of ether oxygens (including phenoxy) is 2. The molecule has 1 aromatic heterocycles. The third-order valence-electron chi connectivity index (χ3n) is 2.68. The van der Waals surface area contributed by atoms with E-state index in [0.717, 1.165) is 6.21 Å². The number of benzene rings is 1. The Balaban J connectivity index is 1.83. The number of furan rings is 1. The van der Waals surface area contributed by atoms with Gasteiger partial charge < -0.3 is 13.9 Å². The van der Waals surface area contributed by atoms with Gasteiger partial charge in [0.05, 0.1) is 18.9 Å². The van der Waals surface area contributed by atoms with Gasteiger partial charge in [0.1, 0.15) is 4.92 Å². The second-order valence-corrected chi connectivity index (χ2v) is 4.39. The lowest BCUT2D eigenvalue weighted by Crippen LogP contribution is -2.24. The maximum atomic E-state index is 11.7. The summed E-state index contributed by atoms with van der Waals surface area (Å²) < 4.78 is 15.6. The number of hydrogen-bond donors (Lipinski definition) is 1. The van der Waals surface area contributed by atoms with Gasteiger partial charge in [-0.1, -0.05) is 12.1 Å². The number of rotatable bonds is 8. The van der Waals surface area contributed by atoms with Gasteiger partial charge in [-0.05, 0) is 25.1 Å². The van der Waals surface area contributed by atoms with E-state index in [0.29, 0.717) is 18.1 Å². The maximum Gasteiger partial charge on any atom is 0.433 e. The summed E-state index contributed by atoms with van der Waals surface area (Å²) in [5.74, 6) is 0.223. The molecule has 9 heteroatoms. The zero-order valence-corrected chi connectivity index (χ0v) is 12.8. The molecule has 0 atom stereocenters. The number of hydrogen-bond acceptors (Lipinski definition) is 7. The van der Waals surface area contributed by atoms with Crippen LogP contribution in [-0.4, -0.2) is 30.3 Å². The number of nitro groups is 1. The summed E-state index contributed by atoms with van der Waals surface area (Å²) in [4.78, 5) is 21.5. The van der Waals surface area contributed by atoms with Crippen LogP contribution in [0.25, 0.3) is 0 Å². The SMILES string of the molecule is CCOc1ccccc1OCC(=O)N/N=C\c1ccc([N+](=O)[O-])o1. The number of amides is 1. The highest BCUT2D eigenvalue weighted by Crippen LogP contribution is 2.26. The molecule has 0 saturated carbocycles. The molecule has 0 spiro atoms. The van der Waals surface area contributed by atoms with Crippen LogP contribution in [0.2, 0.25) is 0 Å². The Labute approximate surface area is 137 Å². The molecule has 0 saturated heterocycles. The van der Waals surface area contributed by atoms with Gasteiger partial charge in [-0.15, -0.1) is 0 Å². The van der Waals surface area contributed by atoms with Crippen LogP contribution in [-0.2, 0) is 4.79 Å². The van der Waals surface area contributed by atoms with Crippen molar-refractivity contribution in [3.05, 3.63) is 52.3 Å². The molecule has 126 valence electrons. The van der Waals surface area contributed by atoms with Crippen LogP contribution >= 0.6 is 0 Å². The van der Waals surface area contributed by atoms with E-state index >= 15 is 0 Å². The van der Waals surface area contributed by atoms with Gasteiger partial charge in [0.25, 0.3) is 5.91 Å². The van der Waals surface area contributed by atoms with Gasteiger partial charge in [0.15, 0.2) is 23.9 Å². The molecule has 0 bridgehead atoms. The Kier molecular flexibility index (Phi) is 5.89. The molecule has 2 aromatic rings. The summed E-state index contributed by atoms with van der Waals surface area (Å²) in [5, 5.41) is 14.1. The van der Waals surface area contributed by atoms with Crippen LogP contribution in [0.5, 0.6) is 11.5 Å². The average molecular weight is 333 g/mol. The number of nitrogens with one attached hydrogen (secondary N) is 1. The van der Waals surface area contributed by atoms with Gasteiger partial charge in [0, 0.05) is 0 Å². The predicted octanol–water partition coefficient (Wildman–Crippen LogP) is 2.12. The first-order valence-corrected chi connectivity index (χ1v) is 7.01. The average Bonchev–Trinajstić information content (AvgIpc) is 3.03. The number of carbonyl (C=O) groups excluding carboxylic acids is 1. The van der Waals surface area contributed by atoms with Crippen molar-refractivity contribution < 1.29 is 23.6 Å². The summed E-state index contributed by atoms with van der Waals surface area (Å²) >= 11 is 0. The van der Waals surface area contributed by atoms with Crippen molar-refractivity contribution in [3.8, 4) is 11.5 Å². The lowest BCUT2D eigenvalue weighted by atomic mass is 10.3. The van der Waals surface area contributed by atoms with Gasteiger partial charge in [-0.2, -0.15) is 5.10 Å². The Bertz CT molecular complexity index is 740. The molecule has 1 N–H and O–H groups in total. The lowest BCUT2D eigenvalue weighted by molar-refractivity contribution is -0.402. The molecule has 0 radical (unpaired) electrons. The number of para-hydroxylation sites is 2. The third kappa shape index (κ3) is 4.83. The van der Waals surface area contributed by atoms with Crippen LogP contribution in [0.3, 0.4) is 0 Å². The standard InChI is InChI=1S/C15H15N3O6/c1-2-22-12-5-3-4-6-13(12)23-10-14(19)17-16-9-11-7-8-15(24-11)18(20)21/h3-9H,2,10H2,1H3,(H,17,19)/b16-9-. The fourth-order valence-electron chi connectivity index (χ4n) is 1.70. The first-order valence-electron chi connectivity index (χ1n) is 7.01. The Morgan fingerprint density at radius 3 is 2.62 bits per heavy atom. The van der Waals surface area contributed by atoms with Gasteiger partial charge in [0.2, 0.25) is 0 Å².